The Morgan fingerprint density at radius 1 is 1.61 bits per heavy atom. The third-order valence-electron chi connectivity index (χ3n) is 3.03. The zero-order valence-corrected chi connectivity index (χ0v) is 11.1. The second-order valence-corrected chi connectivity index (χ2v) is 6.15. The molecule has 1 heterocycles. The summed E-state index contributed by atoms with van der Waals surface area (Å²) in [5.74, 6) is 0.984. The smallest absolute Gasteiger partial charge is 0.258 e. The molecule has 1 aromatic rings. The van der Waals surface area contributed by atoms with E-state index >= 15 is 0 Å². The first-order valence-electron chi connectivity index (χ1n) is 5.54. The van der Waals surface area contributed by atoms with Crippen LogP contribution in [0.1, 0.15) is 18.4 Å². The van der Waals surface area contributed by atoms with Crippen molar-refractivity contribution in [3.8, 4) is 6.07 Å². The van der Waals surface area contributed by atoms with E-state index in [0.717, 1.165) is 24.2 Å². The monoisotopic (exact) mass is 282 g/mol. The lowest BCUT2D eigenvalue weighted by molar-refractivity contribution is -0.384. The summed E-state index contributed by atoms with van der Waals surface area (Å²) in [6, 6.07) is 6.80. The number of hydrogen-bond donors (Lipinski definition) is 0. The number of nitrogens with zero attached hydrogens (tertiary/aromatic N) is 2. The first-order valence-corrected chi connectivity index (χ1v) is 6.91. The minimum absolute atomic E-state index is 0.0196. The lowest BCUT2D eigenvalue weighted by Crippen LogP contribution is -2.21. The van der Waals surface area contributed by atoms with E-state index in [0.29, 0.717) is 11.4 Å². The number of halogens is 1. The maximum atomic E-state index is 10.6. The second kappa shape index (κ2) is 5.17. The zero-order chi connectivity index (χ0) is 13.2. The summed E-state index contributed by atoms with van der Waals surface area (Å²) >= 11 is 7.70. The van der Waals surface area contributed by atoms with Gasteiger partial charge in [-0.05, 0) is 24.2 Å². The van der Waals surface area contributed by atoms with Crippen molar-refractivity contribution < 1.29 is 4.92 Å². The van der Waals surface area contributed by atoms with Crippen LogP contribution in [0.2, 0.25) is 5.02 Å². The molecule has 0 amide bonds. The van der Waals surface area contributed by atoms with Crippen LogP contribution in [0, 0.1) is 21.4 Å². The standard InChI is InChI=1S/C12H11ClN2O2S/c13-11-6-10(15(16)17)3-2-9(11)7-12(8-14)4-1-5-18-12/h2-3,6H,1,4-5,7H2. The summed E-state index contributed by atoms with van der Waals surface area (Å²) in [5, 5.41) is 20.3. The van der Waals surface area contributed by atoms with Gasteiger partial charge in [-0.15, -0.1) is 11.8 Å². The Labute approximate surface area is 114 Å². The molecule has 1 saturated heterocycles. The molecule has 0 N–H and O–H groups in total. The molecule has 2 rings (SSSR count). The SMILES string of the molecule is N#CC1(Cc2ccc([N+](=O)[O-])cc2Cl)CCCS1. The Bertz CT molecular complexity index is 521. The minimum Gasteiger partial charge on any atom is -0.258 e. The Morgan fingerprint density at radius 2 is 2.39 bits per heavy atom. The minimum atomic E-state index is -0.472. The van der Waals surface area contributed by atoms with Gasteiger partial charge in [0.15, 0.2) is 0 Å². The molecule has 18 heavy (non-hydrogen) atoms. The number of nitro groups is 1. The first-order chi connectivity index (χ1) is 8.56. The predicted molar refractivity (Wildman–Crippen MR) is 71.8 cm³/mol. The van der Waals surface area contributed by atoms with Crippen LogP contribution in [0.25, 0.3) is 0 Å². The van der Waals surface area contributed by atoms with Gasteiger partial charge in [-0.25, -0.2) is 0 Å². The van der Waals surface area contributed by atoms with Crippen LogP contribution >= 0.6 is 23.4 Å². The van der Waals surface area contributed by atoms with E-state index in [2.05, 4.69) is 6.07 Å². The molecule has 0 spiro atoms. The van der Waals surface area contributed by atoms with Crippen molar-refractivity contribution in [3.05, 3.63) is 38.9 Å². The molecule has 94 valence electrons. The highest BCUT2D eigenvalue weighted by atomic mass is 35.5. The van der Waals surface area contributed by atoms with Crippen LogP contribution in [0.3, 0.4) is 0 Å². The van der Waals surface area contributed by atoms with Crippen LogP contribution in [-0.2, 0) is 6.42 Å². The molecular weight excluding hydrogens is 272 g/mol. The molecule has 1 aliphatic heterocycles. The number of hydrogen-bond acceptors (Lipinski definition) is 4. The van der Waals surface area contributed by atoms with Gasteiger partial charge in [0.25, 0.3) is 5.69 Å². The number of rotatable bonds is 3. The second-order valence-electron chi connectivity index (χ2n) is 4.27. The van der Waals surface area contributed by atoms with Crippen molar-refractivity contribution in [3.63, 3.8) is 0 Å². The Morgan fingerprint density at radius 3 is 2.89 bits per heavy atom. The van der Waals surface area contributed by atoms with Gasteiger partial charge in [-0.2, -0.15) is 5.26 Å². The number of nitriles is 1. The fourth-order valence-corrected chi connectivity index (χ4v) is 3.60. The van der Waals surface area contributed by atoms with E-state index in [1.165, 1.54) is 12.1 Å². The predicted octanol–water partition coefficient (Wildman–Crippen LogP) is 3.58. The number of nitro benzene ring substituents is 1. The van der Waals surface area contributed by atoms with Crippen LogP contribution in [-0.4, -0.2) is 15.4 Å². The number of thioether (sulfide) groups is 1. The number of non-ortho nitro benzene ring substituents is 1. The van der Waals surface area contributed by atoms with Crippen LogP contribution in [0.5, 0.6) is 0 Å². The van der Waals surface area contributed by atoms with E-state index < -0.39 is 9.67 Å². The van der Waals surface area contributed by atoms with Gasteiger partial charge in [-0.3, -0.25) is 10.1 Å². The van der Waals surface area contributed by atoms with Crippen molar-refractivity contribution in [1.82, 2.24) is 0 Å². The third kappa shape index (κ3) is 2.60. The Hall–Kier alpha value is -1.25. The van der Waals surface area contributed by atoms with E-state index in [-0.39, 0.29) is 5.69 Å². The van der Waals surface area contributed by atoms with Gasteiger partial charge in [-0.1, -0.05) is 17.7 Å². The summed E-state index contributed by atoms with van der Waals surface area (Å²) in [4.78, 5) is 10.1. The molecule has 0 bridgehead atoms. The lowest BCUT2D eigenvalue weighted by atomic mass is 9.95. The van der Waals surface area contributed by atoms with E-state index in [1.54, 1.807) is 17.8 Å². The topological polar surface area (TPSA) is 66.9 Å². The van der Waals surface area contributed by atoms with E-state index in [9.17, 15) is 15.4 Å². The zero-order valence-electron chi connectivity index (χ0n) is 9.56. The largest absolute Gasteiger partial charge is 0.270 e. The highest BCUT2D eigenvalue weighted by Crippen LogP contribution is 2.41. The Kier molecular flexibility index (Phi) is 3.79. The molecule has 6 heteroatoms. The van der Waals surface area contributed by atoms with E-state index in [4.69, 9.17) is 11.6 Å². The molecule has 1 fully saturated rings. The van der Waals surface area contributed by atoms with Crippen molar-refractivity contribution in [2.24, 2.45) is 0 Å². The molecule has 0 aromatic heterocycles. The Balaban J connectivity index is 2.25. The summed E-state index contributed by atoms with van der Waals surface area (Å²) in [6.07, 6.45) is 2.43. The van der Waals surface area contributed by atoms with Crippen molar-refractivity contribution in [1.29, 1.82) is 5.26 Å². The average Bonchev–Trinajstić information content (AvgIpc) is 2.81. The number of benzene rings is 1. The van der Waals surface area contributed by atoms with Crippen molar-refractivity contribution in [2.45, 2.75) is 24.0 Å². The van der Waals surface area contributed by atoms with Crippen molar-refractivity contribution >= 4 is 29.1 Å². The van der Waals surface area contributed by atoms with Gasteiger partial charge in [0.2, 0.25) is 0 Å². The third-order valence-corrected chi connectivity index (χ3v) is 4.87. The normalized spacial score (nSPS) is 22.7. The van der Waals surface area contributed by atoms with Crippen LogP contribution in [0.15, 0.2) is 18.2 Å². The van der Waals surface area contributed by atoms with Crippen LogP contribution < -0.4 is 0 Å². The maximum Gasteiger partial charge on any atom is 0.270 e. The molecule has 0 radical (unpaired) electrons. The maximum absolute atomic E-state index is 10.6. The highest BCUT2D eigenvalue weighted by Gasteiger charge is 2.35. The van der Waals surface area contributed by atoms with Gasteiger partial charge < -0.3 is 0 Å². The fourth-order valence-electron chi connectivity index (χ4n) is 2.07. The van der Waals surface area contributed by atoms with Gasteiger partial charge >= 0.3 is 0 Å². The molecule has 1 aromatic carbocycles. The molecular formula is C12H11ClN2O2S. The quantitative estimate of drug-likeness (QED) is 0.628. The molecule has 1 atom stereocenters. The first kappa shape index (κ1) is 13.2. The molecule has 1 aliphatic rings. The summed E-state index contributed by atoms with van der Waals surface area (Å²) in [6.45, 7) is 0. The lowest BCUT2D eigenvalue weighted by Gasteiger charge is -2.19. The van der Waals surface area contributed by atoms with Gasteiger partial charge in [0.05, 0.1) is 16.0 Å². The van der Waals surface area contributed by atoms with Crippen molar-refractivity contribution in [2.75, 3.05) is 5.75 Å². The summed E-state index contributed by atoms with van der Waals surface area (Å²) in [7, 11) is 0. The summed E-state index contributed by atoms with van der Waals surface area (Å²) in [5.41, 5.74) is 0.784. The molecule has 4 nitrogen and oxygen atoms in total. The van der Waals surface area contributed by atoms with Gasteiger partial charge in [0.1, 0.15) is 4.75 Å². The fraction of sp³-hybridized carbons (Fsp3) is 0.417. The molecule has 0 saturated carbocycles. The van der Waals surface area contributed by atoms with Crippen LogP contribution in [0.4, 0.5) is 5.69 Å². The molecule has 1 unspecified atom stereocenters. The van der Waals surface area contributed by atoms with Gasteiger partial charge in [0, 0.05) is 18.6 Å². The summed E-state index contributed by atoms with van der Waals surface area (Å²) < 4.78 is -0.417. The molecule has 0 aliphatic carbocycles. The average molecular weight is 283 g/mol. The van der Waals surface area contributed by atoms with E-state index in [1.807, 2.05) is 0 Å². The highest BCUT2D eigenvalue weighted by molar-refractivity contribution is 8.01.